The van der Waals surface area contributed by atoms with Crippen LogP contribution in [0.1, 0.15) is 34.1 Å². The highest BCUT2D eigenvalue weighted by molar-refractivity contribution is 7.89. The molecule has 1 rings (SSSR count). The maximum atomic E-state index is 11.3. The van der Waals surface area contributed by atoms with E-state index in [0.29, 0.717) is 12.4 Å². The molecule has 0 amide bonds. The maximum Gasteiger partial charge on any atom is 0.209 e. The summed E-state index contributed by atoms with van der Waals surface area (Å²) >= 11 is 0. The third kappa shape index (κ3) is 5.92. The van der Waals surface area contributed by atoms with Gasteiger partial charge in [-0.25, -0.2) is 13.6 Å². The lowest BCUT2D eigenvalue weighted by Gasteiger charge is -2.29. The van der Waals surface area contributed by atoms with Crippen LogP contribution in [0.15, 0.2) is 12.4 Å². The molecular formula is C13H25N3O3S. The summed E-state index contributed by atoms with van der Waals surface area (Å²) in [7, 11) is -3.52. The molecule has 116 valence electrons. The summed E-state index contributed by atoms with van der Waals surface area (Å²) in [5.74, 6) is 0.397. The van der Waals surface area contributed by atoms with Gasteiger partial charge < -0.3 is 4.74 Å². The molecule has 1 heterocycles. The number of primary sulfonamides is 1. The average molecular weight is 303 g/mol. The summed E-state index contributed by atoms with van der Waals surface area (Å²) < 4.78 is 30.1. The van der Waals surface area contributed by atoms with Crippen LogP contribution in [-0.4, -0.2) is 30.6 Å². The molecule has 0 fully saturated rings. The number of hydrogen-bond donors (Lipinski definition) is 1. The van der Waals surface area contributed by atoms with Gasteiger partial charge >= 0.3 is 0 Å². The van der Waals surface area contributed by atoms with Crippen molar-refractivity contribution >= 4 is 10.0 Å². The Labute approximate surface area is 121 Å². The van der Waals surface area contributed by atoms with Crippen LogP contribution in [0.4, 0.5) is 0 Å². The first-order valence-electron chi connectivity index (χ1n) is 6.77. The summed E-state index contributed by atoms with van der Waals surface area (Å²) in [4.78, 5) is 0. The van der Waals surface area contributed by atoms with Gasteiger partial charge in [0.25, 0.3) is 0 Å². The second-order valence-corrected chi connectivity index (χ2v) is 7.80. The lowest BCUT2D eigenvalue weighted by Crippen LogP contribution is -2.35. The van der Waals surface area contributed by atoms with Crippen molar-refractivity contribution in [2.24, 2.45) is 16.5 Å². The highest BCUT2D eigenvalue weighted by atomic mass is 32.2. The van der Waals surface area contributed by atoms with Crippen LogP contribution in [0.3, 0.4) is 0 Å². The Balaban J connectivity index is 2.66. The highest BCUT2D eigenvalue weighted by Gasteiger charge is 2.29. The molecule has 0 aliphatic carbocycles. The molecule has 1 atom stereocenters. The van der Waals surface area contributed by atoms with Gasteiger partial charge in [-0.3, -0.25) is 4.68 Å². The molecule has 0 radical (unpaired) electrons. The third-order valence-electron chi connectivity index (χ3n) is 3.17. The molecule has 0 bridgehead atoms. The molecule has 20 heavy (non-hydrogen) atoms. The van der Waals surface area contributed by atoms with Gasteiger partial charge in [0.15, 0.2) is 5.75 Å². The number of rotatable bonds is 7. The van der Waals surface area contributed by atoms with Gasteiger partial charge in [-0.1, -0.05) is 27.7 Å². The minimum atomic E-state index is -3.52. The fourth-order valence-electron chi connectivity index (χ4n) is 1.80. The maximum absolute atomic E-state index is 11.3. The largest absolute Gasteiger partial charge is 0.490 e. The normalized spacial score (nSPS) is 14.2. The quantitative estimate of drug-likeness (QED) is 0.829. The zero-order chi connectivity index (χ0) is 15.4. The molecule has 0 saturated heterocycles. The van der Waals surface area contributed by atoms with Gasteiger partial charge in [0.1, 0.15) is 0 Å². The monoisotopic (exact) mass is 303 g/mol. The molecule has 0 saturated carbocycles. The first kappa shape index (κ1) is 17.0. The van der Waals surface area contributed by atoms with Gasteiger partial charge in [-0.2, -0.15) is 5.10 Å². The summed E-state index contributed by atoms with van der Waals surface area (Å²) in [6.45, 7) is 9.15. The predicted octanol–water partition coefficient (Wildman–Crippen LogP) is 1.62. The van der Waals surface area contributed by atoms with Crippen molar-refractivity contribution in [2.45, 2.75) is 40.7 Å². The van der Waals surface area contributed by atoms with E-state index in [2.05, 4.69) is 12.0 Å². The van der Waals surface area contributed by atoms with E-state index >= 15 is 0 Å². The summed E-state index contributed by atoms with van der Waals surface area (Å²) in [6.07, 6.45) is 4.46. The van der Waals surface area contributed by atoms with E-state index < -0.39 is 10.0 Å². The molecular weight excluding hydrogens is 278 g/mol. The molecule has 1 aromatic rings. The van der Waals surface area contributed by atoms with Crippen molar-refractivity contribution in [2.75, 3.05) is 12.4 Å². The van der Waals surface area contributed by atoms with Crippen LogP contribution in [-0.2, 0) is 16.6 Å². The Morgan fingerprint density at radius 1 is 1.45 bits per heavy atom. The van der Waals surface area contributed by atoms with E-state index in [4.69, 9.17) is 9.88 Å². The van der Waals surface area contributed by atoms with Crippen LogP contribution in [0, 0.1) is 11.3 Å². The lowest BCUT2D eigenvalue weighted by molar-refractivity contribution is 0.163. The molecule has 0 aromatic carbocycles. The number of nitrogens with two attached hydrogens (primary N) is 1. The molecule has 0 spiro atoms. The Morgan fingerprint density at radius 2 is 2.10 bits per heavy atom. The Bertz CT molecular complexity index is 517. The van der Waals surface area contributed by atoms with Gasteiger partial charge in [0.2, 0.25) is 10.0 Å². The van der Waals surface area contributed by atoms with Crippen molar-refractivity contribution in [1.82, 2.24) is 9.78 Å². The molecule has 1 aromatic heterocycles. The number of nitrogens with zero attached hydrogens (tertiary/aromatic N) is 2. The number of sulfonamides is 1. The van der Waals surface area contributed by atoms with Crippen molar-refractivity contribution in [1.29, 1.82) is 0 Å². The molecule has 1 unspecified atom stereocenters. The molecule has 2 N–H and O–H groups in total. The summed E-state index contributed by atoms with van der Waals surface area (Å²) in [6, 6.07) is 0. The highest BCUT2D eigenvalue weighted by Crippen LogP contribution is 2.27. The average Bonchev–Trinajstić information content (AvgIpc) is 2.69. The van der Waals surface area contributed by atoms with Crippen LogP contribution < -0.4 is 9.88 Å². The molecule has 7 heteroatoms. The first-order valence-corrected chi connectivity index (χ1v) is 8.49. The molecule has 0 aliphatic heterocycles. The Kier molecular flexibility index (Phi) is 5.59. The van der Waals surface area contributed by atoms with E-state index in [1.54, 1.807) is 10.9 Å². The predicted molar refractivity (Wildman–Crippen MR) is 78.9 cm³/mol. The Hall–Kier alpha value is -1.08. The van der Waals surface area contributed by atoms with Crippen molar-refractivity contribution in [3.8, 4) is 5.75 Å². The van der Waals surface area contributed by atoms with Crippen LogP contribution >= 0.6 is 0 Å². The lowest BCUT2D eigenvalue weighted by atomic mass is 9.82. The fraction of sp³-hybridized carbons (Fsp3) is 0.769. The standard InChI is InChI=1S/C13H25N3O3S/c1-5-6-16-8-12(7-15-16)19-9-11(13(2,3)4)10-20(14,17)18/h7-8,11H,5-6,9-10H2,1-4H3,(H2,14,17,18). The van der Waals surface area contributed by atoms with Gasteiger partial charge in [0, 0.05) is 12.5 Å². The van der Waals surface area contributed by atoms with Crippen LogP contribution in [0.5, 0.6) is 5.75 Å². The SMILES string of the molecule is CCCn1cc(OCC(CS(N)(=O)=O)C(C)(C)C)cn1. The van der Waals surface area contributed by atoms with Gasteiger partial charge in [-0.15, -0.1) is 0 Å². The van der Waals surface area contributed by atoms with Crippen molar-refractivity contribution in [3.63, 3.8) is 0 Å². The fourth-order valence-corrected chi connectivity index (χ4v) is 2.95. The number of aromatic nitrogens is 2. The third-order valence-corrected chi connectivity index (χ3v) is 4.04. The minimum absolute atomic E-state index is 0.0837. The zero-order valence-corrected chi connectivity index (χ0v) is 13.5. The Morgan fingerprint density at radius 3 is 2.60 bits per heavy atom. The van der Waals surface area contributed by atoms with E-state index in [9.17, 15) is 8.42 Å². The smallest absolute Gasteiger partial charge is 0.209 e. The van der Waals surface area contributed by atoms with E-state index in [1.807, 2.05) is 27.0 Å². The first-order chi connectivity index (χ1) is 9.12. The number of ether oxygens (including phenoxy) is 1. The number of aryl methyl sites for hydroxylation is 1. The van der Waals surface area contributed by atoms with E-state index in [0.717, 1.165) is 13.0 Å². The summed E-state index contributed by atoms with van der Waals surface area (Å²) in [5.41, 5.74) is -0.203. The van der Waals surface area contributed by atoms with E-state index in [-0.39, 0.29) is 17.1 Å². The van der Waals surface area contributed by atoms with Crippen molar-refractivity contribution in [3.05, 3.63) is 12.4 Å². The van der Waals surface area contributed by atoms with Crippen LogP contribution in [0.25, 0.3) is 0 Å². The topological polar surface area (TPSA) is 87.2 Å². The van der Waals surface area contributed by atoms with Crippen LogP contribution in [0.2, 0.25) is 0 Å². The second kappa shape index (κ2) is 6.58. The second-order valence-electron chi connectivity index (χ2n) is 6.14. The van der Waals surface area contributed by atoms with Gasteiger partial charge in [0.05, 0.1) is 24.8 Å². The van der Waals surface area contributed by atoms with Crippen molar-refractivity contribution < 1.29 is 13.2 Å². The summed E-state index contributed by atoms with van der Waals surface area (Å²) in [5, 5.41) is 9.32. The zero-order valence-electron chi connectivity index (χ0n) is 12.7. The molecule has 0 aliphatic rings. The molecule has 6 nitrogen and oxygen atoms in total. The minimum Gasteiger partial charge on any atom is -0.490 e. The van der Waals surface area contributed by atoms with Gasteiger partial charge in [-0.05, 0) is 11.8 Å². The number of hydrogen-bond acceptors (Lipinski definition) is 4. The van der Waals surface area contributed by atoms with E-state index in [1.165, 1.54) is 0 Å².